The number of fused-ring (bicyclic) bond motifs is 1. The molecule has 4 aromatic rings. The van der Waals surface area contributed by atoms with Crippen LogP contribution in [0.25, 0.3) is 23.0 Å². The molecule has 1 amide bonds. The second-order valence-electron chi connectivity index (χ2n) is 6.68. The Labute approximate surface area is 180 Å². The minimum Gasteiger partial charge on any atom is -0.454 e. The highest BCUT2D eigenvalue weighted by molar-refractivity contribution is 6.33. The van der Waals surface area contributed by atoms with Gasteiger partial charge in [0.1, 0.15) is 18.1 Å². The number of rotatable bonds is 5. The van der Waals surface area contributed by atoms with E-state index >= 15 is 0 Å². The van der Waals surface area contributed by atoms with E-state index in [-0.39, 0.29) is 30.2 Å². The second kappa shape index (κ2) is 7.77. The average molecular weight is 441 g/mol. The van der Waals surface area contributed by atoms with Gasteiger partial charge < -0.3 is 23.9 Å². The van der Waals surface area contributed by atoms with Gasteiger partial charge in [0.25, 0.3) is 5.89 Å². The molecule has 0 fully saturated rings. The minimum atomic E-state index is -0.481. The van der Waals surface area contributed by atoms with Gasteiger partial charge in [0, 0.05) is 11.8 Å². The molecule has 0 atom stereocenters. The maximum atomic E-state index is 13.2. The van der Waals surface area contributed by atoms with E-state index < -0.39 is 5.82 Å². The lowest BCUT2D eigenvalue weighted by atomic mass is 10.2. The molecule has 8 nitrogen and oxygen atoms in total. The van der Waals surface area contributed by atoms with Crippen LogP contribution in [0.2, 0.25) is 5.02 Å². The largest absolute Gasteiger partial charge is 0.454 e. The molecular weight excluding hydrogens is 427 g/mol. The van der Waals surface area contributed by atoms with Gasteiger partial charge in [0.2, 0.25) is 18.5 Å². The fourth-order valence-electron chi connectivity index (χ4n) is 3.16. The molecule has 31 heavy (non-hydrogen) atoms. The number of anilines is 1. The minimum absolute atomic E-state index is 0.0300. The van der Waals surface area contributed by atoms with Crippen molar-refractivity contribution in [3.8, 4) is 34.5 Å². The number of halogens is 2. The molecule has 0 aliphatic carbocycles. The third-order valence-corrected chi connectivity index (χ3v) is 4.94. The van der Waals surface area contributed by atoms with Crippen LogP contribution in [-0.4, -0.2) is 27.4 Å². The van der Waals surface area contributed by atoms with Gasteiger partial charge in [-0.3, -0.25) is 4.79 Å². The molecule has 2 aromatic heterocycles. The Balaban J connectivity index is 1.34. The van der Waals surface area contributed by atoms with Crippen molar-refractivity contribution in [1.82, 2.24) is 14.7 Å². The van der Waals surface area contributed by atoms with Crippen LogP contribution < -0.4 is 14.8 Å². The number of hydrogen-bond acceptors (Lipinski definition) is 6. The summed E-state index contributed by atoms with van der Waals surface area (Å²) in [6, 6.07) is 12.6. The Hall–Kier alpha value is -3.85. The molecule has 0 unspecified atom stereocenters. The summed E-state index contributed by atoms with van der Waals surface area (Å²) in [5.41, 5.74) is 1.60. The number of carbonyl (C=O) groups is 1. The predicted octanol–water partition coefficient (Wildman–Crippen LogP) is 4.37. The molecule has 0 saturated heterocycles. The van der Waals surface area contributed by atoms with E-state index in [4.69, 9.17) is 25.6 Å². The van der Waals surface area contributed by atoms with Gasteiger partial charge in [0.05, 0.1) is 10.7 Å². The van der Waals surface area contributed by atoms with Crippen LogP contribution in [0.4, 0.5) is 10.1 Å². The lowest BCUT2D eigenvalue weighted by molar-refractivity contribution is -0.116. The number of benzene rings is 2. The topological polar surface area (TPSA) is 91.4 Å². The van der Waals surface area contributed by atoms with Crippen molar-refractivity contribution < 1.29 is 23.2 Å². The molecule has 1 aliphatic rings. The maximum absolute atomic E-state index is 13.2. The number of nitrogens with one attached hydrogen (secondary N) is 1. The van der Waals surface area contributed by atoms with Gasteiger partial charge in [-0.1, -0.05) is 16.8 Å². The molecular formula is C21H14ClFN4O4. The standard InChI is InChI=1S/C21H14ClFN4O4/c22-14-9-13(23)4-5-15(14)24-19(28)10-27-7-1-2-16(27)21-25-20(26-31-21)12-3-6-17-18(8-12)30-11-29-17/h1-9H,10-11H2,(H,24,28). The van der Waals surface area contributed by atoms with Crippen molar-refractivity contribution in [1.29, 1.82) is 0 Å². The number of aromatic nitrogens is 3. The monoisotopic (exact) mass is 440 g/mol. The first-order valence-electron chi connectivity index (χ1n) is 9.21. The zero-order chi connectivity index (χ0) is 21.4. The summed E-state index contributed by atoms with van der Waals surface area (Å²) in [4.78, 5) is 16.9. The molecule has 3 heterocycles. The second-order valence-corrected chi connectivity index (χ2v) is 7.09. The lowest BCUT2D eigenvalue weighted by Crippen LogP contribution is -2.19. The molecule has 0 spiro atoms. The Kier molecular flexibility index (Phi) is 4.79. The fraction of sp³-hybridized carbons (Fsp3) is 0.0952. The summed E-state index contributed by atoms with van der Waals surface area (Å²) in [6.45, 7) is 0.146. The molecule has 156 valence electrons. The normalized spacial score (nSPS) is 12.2. The molecule has 2 aromatic carbocycles. The SMILES string of the molecule is O=C(Cn1cccc1-c1nc(-c2ccc3c(c2)OCO3)no1)Nc1ccc(F)cc1Cl. The Morgan fingerprint density at radius 2 is 2.03 bits per heavy atom. The Bertz CT molecular complexity index is 1290. The van der Waals surface area contributed by atoms with Gasteiger partial charge in [-0.05, 0) is 48.5 Å². The van der Waals surface area contributed by atoms with Crippen LogP contribution in [-0.2, 0) is 11.3 Å². The first-order chi connectivity index (χ1) is 15.1. The lowest BCUT2D eigenvalue weighted by Gasteiger charge is -2.09. The zero-order valence-electron chi connectivity index (χ0n) is 15.8. The van der Waals surface area contributed by atoms with Crippen molar-refractivity contribution in [2.75, 3.05) is 12.1 Å². The van der Waals surface area contributed by atoms with Crippen molar-refractivity contribution in [3.05, 3.63) is 65.6 Å². The van der Waals surface area contributed by atoms with E-state index in [1.165, 1.54) is 12.1 Å². The van der Waals surface area contributed by atoms with E-state index in [1.54, 1.807) is 41.1 Å². The quantitative estimate of drug-likeness (QED) is 0.495. The highest BCUT2D eigenvalue weighted by Crippen LogP contribution is 2.35. The van der Waals surface area contributed by atoms with E-state index in [0.717, 1.165) is 6.07 Å². The third-order valence-electron chi connectivity index (χ3n) is 4.62. The van der Waals surface area contributed by atoms with Crippen molar-refractivity contribution >= 4 is 23.2 Å². The highest BCUT2D eigenvalue weighted by Gasteiger charge is 2.19. The van der Waals surface area contributed by atoms with Gasteiger partial charge in [-0.25, -0.2) is 4.39 Å². The first-order valence-corrected chi connectivity index (χ1v) is 9.59. The number of carbonyl (C=O) groups excluding carboxylic acids is 1. The molecule has 10 heteroatoms. The maximum Gasteiger partial charge on any atom is 0.274 e. The fourth-order valence-corrected chi connectivity index (χ4v) is 3.38. The van der Waals surface area contributed by atoms with Crippen LogP contribution in [0, 0.1) is 5.82 Å². The molecule has 1 aliphatic heterocycles. The van der Waals surface area contributed by atoms with Crippen LogP contribution in [0.1, 0.15) is 0 Å². The van der Waals surface area contributed by atoms with E-state index in [9.17, 15) is 9.18 Å². The molecule has 5 rings (SSSR count). The van der Waals surface area contributed by atoms with Crippen LogP contribution in [0.3, 0.4) is 0 Å². The highest BCUT2D eigenvalue weighted by atomic mass is 35.5. The smallest absolute Gasteiger partial charge is 0.274 e. The van der Waals surface area contributed by atoms with E-state index in [1.807, 2.05) is 0 Å². The predicted molar refractivity (Wildman–Crippen MR) is 109 cm³/mol. The number of nitrogens with zero attached hydrogens (tertiary/aromatic N) is 3. The zero-order valence-corrected chi connectivity index (χ0v) is 16.6. The summed E-state index contributed by atoms with van der Waals surface area (Å²) in [6.07, 6.45) is 1.71. The summed E-state index contributed by atoms with van der Waals surface area (Å²) >= 11 is 5.97. The van der Waals surface area contributed by atoms with Gasteiger partial charge in [-0.2, -0.15) is 4.98 Å². The molecule has 0 saturated carbocycles. The van der Waals surface area contributed by atoms with Gasteiger partial charge >= 0.3 is 0 Å². The van der Waals surface area contributed by atoms with Crippen LogP contribution in [0.5, 0.6) is 11.5 Å². The van der Waals surface area contributed by atoms with E-state index in [0.29, 0.717) is 34.3 Å². The summed E-state index contributed by atoms with van der Waals surface area (Å²) in [7, 11) is 0. The van der Waals surface area contributed by atoms with Crippen molar-refractivity contribution in [2.24, 2.45) is 0 Å². The van der Waals surface area contributed by atoms with Gasteiger partial charge in [-0.15, -0.1) is 0 Å². The number of hydrogen-bond donors (Lipinski definition) is 1. The Morgan fingerprint density at radius 1 is 1.16 bits per heavy atom. The van der Waals surface area contributed by atoms with Crippen LogP contribution >= 0.6 is 11.6 Å². The number of ether oxygens (including phenoxy) is 2. The average Bonchev–Trinajstić information content (AvgIpc) is 3.49. The molecule has 1 N–H and O–H groups in total. The first kappa shape index (κ1) is 19.1. The summed E-state index contributed by atoms with van der Waals surface area (Å²) < 4.78 is 30.9. The van der Waals surface area contributed by atoms with Crippen molar-refractivity contribution in [2.45, 2.75) is 6.54 Å². The molecule has 0 bridgehead atoms. The van der Waals surface area contributed by atoms with Crippen LogP contribution in [0.15, 0.2) is 59.3 Å². The van der Waals surface area contributed by atoms with E-state index in [2.05, 4.69) is 15.5 Å². The molecule has 0 radical (unpaired) electrons. The van der Waals surface area contributed by atoms with Crippen molar-refractivity contribution in [3.63, 3.8) is 0 Å². The third kappa shape index (κ3) is 3.82. The van der Waals surface area contributed by atoms with Gasteiger partial charge in [0.15, 0.2) is 11.5 Å². The summed E-state index contributed by atoms with van der Waals surface area (Å²) in [5.74, 6) is 1.08. The Morgan fingerprint density at radius 3 is 2.90 bits per heavy atom. The number of amides is 1. The summed E-state index contributed by atoms with van der Waals surface area (Å²) in [5, 5.41) is 6.80.